The van der Waals surface area contributed by atoms with Crippen molar-refractivity contribution in [3.63, 3.8) is 0 Å². The molecule has 0 unspecified atom stereocenters. The van der Waals surface area contributed by atoms with Crippen LogP contribution in [0.2, 0.25) is 0 Å². The summed E-state index contributed by atoms with van der Waals surface area (Å²) in [5.41, 5.74) is 1.23. The van der Waals surface area contributed by atoms with Gasteiger partial charge in [0.2, 0.25) is 0 Å². The highest BCUT2D eigenvalue weighted by molar-refractivity contribution is 5.89. The normalized spacial score (nSPS) is 15.2. The standard InChI is InChI=1S/C19H26N4O3/c1-3-22-17(12-14-7-9-20-10-8-14)21-23(19(22)25)13-15-5-4-6-16(11-15)18(24)26-2/h4-6,11,14,20H,3,7-10,12-13H2,1-2H3. The van der Waals surface area contributed by atoms with Crippen molar-refractivity contribution in [2.75, 3.05) is 20.2 Å². The molecule has 7 nitrogen and oxygen atoms in total. The molecule has 1 aliphatic rings. The molecule has 140 valence electrons. The average molecular weight is 358 g/mol. The summed E-state index contributed by atoms with van der Waals surface area (Å²) in [6.45, 7) is 4.98. The lowest BCUT2D eigenvalue weighted by Gasteiger charge is -2.21. The Morgan fingerprint density at radius 1 is 1.35 bits per heavy atom. The number of esters is 1. The number of nitrogens with one attached hydrogen (secondary N) is 1. The molecule has 3 rings (SSSR count). The second kappa shape index (κ2) is 8.31. The number of methoxy groups -OCH3 is 1. The van der Waals surface area contributed by atoms with E-state index in [2.05, 4.69) is 10.4 Å². The fourth-order valence-electron chi connectivity index (χ4n) is 3.49. The summed E-state index contributed by atoms with van der Waals surface area (Å²) >= 11 is 0. The van der Waals surface area contributed by atoms with Gasteiger partial charge in [-0.3, -0.25) is 4.57 Å². The third kappa shape index (κ3) is 4.04. The Bertz CT molecular complexity index is 818. The minimum absolute atomic E-state index is 0.0973. The molecular formula is C19H26N4O3. The largest absolute Gasteiger partial charge is 0.465 e. The van der Waals surface area contributed by atoms with Crippen LogP contribution in [0.1, 0.15) is 41.5 Å². The minimum atomic E-state index is -0.384. The molecule has 1 fully saturated rings. The van der Waals surface area contributed by atoms with Gasteiger partial charge in [-0.25, -0.2) is 14.3 Å². The number of piperidine rings is 1. The highest BCUT2D eigenvalue weighted by atomic mass is 16.5. The van der Waals surface area contributed by atoms with Crippen LogP contribution in [0.15, 0.2) is 29.1 Å². The number of benzene rings is 1. The van der Waals surface area contributed by atoms with E-state index in [0.717, 1.165) is 43.7 Å². The van der Waals surface area contributed by atoms with Crippen LogP contribution in [0.3, 0.4) is 0 Å². The first-order valence-electron chi connectivity index (χ1n) is 9.16. The lowest BCUT2D eigenvalue weighted by atomic mass is 9.94. The van der Waals surface area contributed by atoms with E-state index in [4.69, 9.17) is 4.74 Å². The van der Waals surface area contributed by atoms with Crippen LogP contribution in [0.25, 0.3) is 0 Å². The van der Waals surface area contributed by atoms with Crippen LogP contribution in [-0.2, 0) is 24.2 Å². The molecule has 1 aromatic heterocycles. The van der Waals surface area contributed by atoms with Crippen molar-refractivity contribution in [3.05, 3.63) is 51.7 Å². The number of hydrogen-bond acceptors (Lipinski definition) is 5. The molecule has 0 amide bonds. The van der Waals surface area contributed by atoms with Crippen molar-refractivity contribution >= 4 is 5.97 Å². The summed E-state index contributed by atoms with van der Waals surface area (Å²) < 4.78 is 8.01. The first-order valence-corrected chi connectivity index (χ1v) is 9.16. The molecule has 1 saturated heterocycles. The summed E-state index contributed by atoms with van der Waals surface area (Å²) in [4.78, 5) is 24.4. The molecule has 26 heavy (non-hydrogen) atoms. The van der Waals surface area contributed by atoms with Crippen LogP contribution >= 0.6 is 0 Å². The molecule has 0 bridgehead atoms. The number of hydrogen-bond donors (Lipinski definition) is 1. The van der Waals surface area contributed by atoms with Crippen LogP contribution in [0, 0.1) is 5.92 Å². The zero-order valence-corrected chi connectivity index (χ0v) is 15.4. The molecule has 0 spiro atoms. The quantitative estimate of drug-likeness (QED) is 0.791. The van der Waals surface area contributed by atoms with Gasteiger partial charge in [0.15, 0.2) is 0 Å². The third-order valence-electron chi connectivity index (χ3n) is 4.93. The summed E-state index contributed by atoms with van der Waals surface area (Å²) in [6, 6.07) is 7.12. The van der Waals surface area contributed by atoms with Crippen LogP contribution < -0.4 is 11.0 Å². The molecule has 0 atom stereocenters. The highest BCUT2D eigenvalue weighted by Crippen LogP contribution is 2.16. The monoisotopic (exact) mass is 358 g/mol. The maximum absolute atomic E-state index is 12.7. The Hall–Kier alpha value is -2.41. The van der Waals surface area contributed by atoms with Gasteiger partial charge in [0, 0.05) is 13.0 Å². The third-order valence-corrected chi connectivity index (χ3v) is 4.93. The zero-order chi connectivity index (χ0) is 18.5. The Balaban J connectivity index is 1.82. The van der Waals surface area contributed by atoms with Gasteiger partial charge >= 0.3 is 11.7 Å². The van der Waals surface area contributed by atoms with Crippen molar-refractivity contribution in [3.8, 4) is 0 Å². The SMILES string of the molecule is CCn1c(CC2CCNCC2)nn(Cc2cccc(C(=O)OC)c2)c1=O. The Labute approximate surface area is 153 Å². The summed E-state index contributed by atoms with van der Waals surface area (Å²) in [5.74, 6) is 1.04. The van der Waals surface area contributed by atoms with E-state index in [9.17, 15) is 9.59 Å². The summed E-state index contributed by atoms with van der Waals surface area (Å²) in [5, 5.41) is 7.96. The van der Waals surface area contributed by atoms with Crippen molar-refractivity contribution in [2.45, 2.75) is 39.3 Å². The van der Waals surface area contributed by atoms with Gasteiger partial charge < -0.3 is 10.1 Å². The Morgan fingerprint density at radius 3 is 2.81 bits per heavy atom. The lowest BCUT2D eigenvalue weighted by molar-refractivity contribution is 0.0600. The maximum atomic E-state index is 12.7. The van der Waals surface area contributed by atoms with Crippen LogP contribution in [0.5, 0.6) is 0 Å². The van der Waals surface area contributed by atoms with E-state index in [1.165, 1.54) is 11.8 Å². The van der Waals surface area contributed by atoms with Gasteiger partial charge in [-0.15, -0.1) is 0 Å². The number of carbonyl (C=O) groups is 1. The van der Waals surface area contributed by atoms with Crippen molar-refractivity contribution in [1.29, 1.82) is 0 Å². The van der Waals surface area contributed by atoms with Gasteiger partial charge in [-0.2, -0.15) is 5.10 Å². The average Bonchev–Trinajstić information content (AvgIpc) is 2.96. The Kier molecular flexibility index (Phi) is 5.88. The van der Waals surface area contributed by atoms with E-state index in [0.29, 0.717) is 24.6 Å². The number of aromatic nitrogens is 3. The first kappa shape index (κ1) is 18.4. The number of nitrogens with zero attached hydrogens (tertiary/aromatic N) is 3. The smallest absolute Gasteiger partial charge is 0.346 e. The fraction of sp³-hybridized carbons (Fsp3) is 0.526. The van der Waals surface area contributed by atoms with E-state index in [-0.39, 0.29) is 11.7 Å². The van der Waals surface area contributed by atoms with E-state index < -0.39 is 0 Å². The molecule has 0 aliphatic carbocycles. The van der Waals surface area contributed by atoms with Crippen LogP contribution in [0.4, 0.5) is 0 Å². The molecule has 1 aliphatic heterocycles. The van der Waals surface area contributed by atoms with Gasteiger partial charge in [0.1, 0.15) is 5.82 Å². The van der Waals surface area contributed by atoms with E-state index in [1.807, 2.05) is 13.0 Å². The summed E-state index contributed by atoms with van der Waals surface area (Å²) in [6.07, 6.45) is 3.07. The van der Waals surface area contributed by atoms with Crippen LogP contribution in [-0.4, -0.2) is 40.5 Å². The molecule has 0 radical (unpaired) electrons. The lowest BCUT2D eigenvalue weighted by Crippen LogP contribution is -2.30. The second-order valence-corrected chi connectivity index (χ2v) is 6.69. The first-order chi connectivity index (χ1) is 12.6. The zero-order valence-electron chi connectivity index (χ0n) is 15.4. The highest BCUT2D eigenvalue weighted by Gasteiger charge is 2.19. The second-order valence-electron chi connectivity index (χ2n) is 6.69. The fourth-order valence-corrected chi connectivity index (χ4v) is 3.49. The van der Waals surface area contributed by atoms with Crippen molar-refractivity contribution in [1.82, 2.24) is 19.7 Å². The van der Waals surface area contributed by atoms with Gasteiger partial charge in [0.25, 0.3) is 0 Å². The number of rotatable bonds is 6. The summed E-state index contributed by atoms with van der Waals surface area (Å²) in [7, 11) is 1.36. The maximum Gasteiger partial charge on any atom is 0.346 e. The molecule has 0 saturated carbocycles. The number of carbonyl (C=O) groups excluding carboxylic acids is 1. The Morgan fingerprint density at radius 2 is 2.12 bits per heavy atom. The van der Waals surface area contributed by atoms with Crippen molar-refractivity contribution in [2.24, 2.45) is 5.92 Å². The van der Waals surface area contributed by atoms with E-state index in [1.54, 1.807) is 22.8 Å². The predicted molar refractivity (Wildman–Crippen MR) is 98.3 cm³/mol. The minimum Gasteiger partial charge on any atom is -0.465 e. The molecule has 1 aromatic carbocycles. The molecule has 7 heteroatoms. The topological polar surface area (TPSA) is 78.2 Å². The van der Waals surface area contributed by atoms with Gasteiger partial charge in [0.05, 0.1) is 19.2 Å². The van der Waals surface area contributed by atoms with Gasteiger partial charge in [-0.1, -0.05) is 12.1 Å². The van der Waals surface area contributed by atoms with Gasteiger partial charge in [-0.05, 0) is 56.5 Å². The molecule has 2 aromatic rings. The van der Waals surface area contributed by atoms with Crippen molar-refractivity contribution < 1.29 is 9.53 Å². The molecular weight excluding hydrogens is 332 g/mol. The predicted octanol–water partition coefficient (Wildman–Crippen LogP) is 1.44. The molecule has 1 N–H and O–H groups in total. The number of ether oxygens (including phenoxy) is 1. The van der Waals surface area contributed by atoms with E-state index >= 15 is 0 Å². The molecule has 2 heterocycles.